The van der Waals surface area contributed by atoms with Gasteiger partial charge in [0.15, 0.2) is 0 Å². The molecule has 3 aromatic rings. The van der Waals surface area contributed by atoms with Crippen LogP contribution in [0.3, 0.4) is 0 Å². The molecule has 0 aliphatic carbocycles. The van der Waals surface area contributed by atoms with Gasteiger partial charge in [-0.3, -0.25) is 9.48 Å². The van der Waals surface area contributed by atoms with E-state index < -0.39 is 0 Å². The van der Waals surface area contributed by atoms with Crippen LogP contribution in [0.1, 0.15) is 19.4 Å². The highest BCUT2D eigenvalue weighted by Gasteiger charge is 2.32. The summed E-state index contributed by atoms with van der Waals surface area (Å²) >= 11 is 0. The Kier molecular flexibility index (Phi) is 4.20. The van der Waals surface area contributed by atoms with Crippen LogP contribution in [0.2, 0.25) is 0 Å². The Labute approximate surface area is 151 Å². The number of methoxy groups -OCH3 is 1. The quantitative estimate of drug-likeness (QED) is 0.709. The number of imidazole rings is 1. The van der Waals surface area contributed by atoms with Gasteiger partial charge in [0.05, 0.1) is 37.6 Å². The highest BCUT2D eigenvalue weighted by molar-refractivity contribution is 5.96. The molecule has 1 aromatic carbocycles. The van der Waals surface area contributed by atoms with Crippen LogP contribution in [0.4, 0.5) is 5.69 Å². The molecule has 1 unspecified atom stereocenters. The zero-order valence-electron chi connectivity index (χ0n) is 14.9. The molecular weight excluding hydrogens is 330 g/mol. The molecule has 0 spiro atoms. The van der Waals surface area contributed by atoms with Gasteiger partial charge in [0.1, 0.15) is 5.75 Å². The lowest BCUT2D eigenvalue weighted by Crippen LogP contribution is -2.24. The molecular formula is C19H21N5O2. The van der Waals surface area contributed by atoms with Gasteiger partial charge in [0.25, 0.3) is 0 Å². The molecule has 4 rings (SSSR count). The summed E-state index contributed by atoms with van der Waals surface area (Å²) in [7, 11) is 1.63. The van der Waals surface area contributed by atoms with E-state index in [1.54, 1.807) is 13.4 Å². The van der Waals surface area contributed by atoms with Crippen molar-refractivity contribution in [1.82, 2.24) is 19.3 Å². The number of carbonyl (C=O) groups is 1. The van der Waals surface area contributed by atoms with E-state index in [0.29, 0.717) is 13.0 Å². The summed E-state index contributed by atoms with van der Waals surface area (Å²) in [6.07, 6.45) is 7.93. The smallest absolute Gasteiger partial charge is 0.229 e. The van der Waals surface area contributed by atoms with Crippen molar-refractivity contribution in [2.75, 3.05) is 18.6 Å². The molecule has 1 aliphatic heterocycles. The van der Waals surface area contributed by atoms with Gasteiger partial charge in [-0.05, 0) is 31.2 Å². The average molecular weight is 351 g/mol. The number of anilines is 1. The van der Waals surface area contributed by atoms with Gasteiger partial charge < -0.3 is 14.2 Å². The molecule has 1 atom stereocenters. The second-order valence-electron chi connectivity index (χ2n) is 6.33. The van der Waals surface area contributed by atoms with Gasteiger partial charge in [-0.1, -0.05) is 0 Å². The Hall–Kier alpha value is -3.09. The summed E-state index contributed by atoms with van der Waals surface area (Å²) in [4.78, 5) is 18.7. The normalized spacial score (nSPS) is 17.1. The monoisotopic (exact) mass is 351 g/mol. The molecule has 1 amide bonds. The predicted octanol–water partition coefficient (Wildman–Crippen LogP) is 2.75. The van der Waals surface area contributed by atoms with Crippen molar-refractivity contribution < 1.29 is 9.53 Å². The van der Waals surface area contributed by atoms with Gasteiger partial charge in [-0.15, -0.1) is 0 Å². The summed E-state index contributed by atoms with van der Waals surface area (Å²) in [5, 5.41) is 4.34. The Morgan fingerprint density at radius 2 is 2.04 bits per heavy atom. The third-order valence-electron chi connectivity index (χ3n) is 4.80. The third kappa shape index (κ3) is 2.85. The van der Waals surface area contributed by atoms with E-state index in [4.69, 9.17) is 4.74 Å². The number of rotatable bonds is 5. The molecule has 0 N–H and O–H groups in total. The molecule has 1 aliphatic rings. The summed E-state index contributed by atoms with van der Waals surface area (Å²) in [5.74, 6) is 0.894. The lowest BCUT2D eigenvalue weighted by molar-refractivity contribution is -0.117. The minimum atomic E-state index is 0.0482. The Bertz CT molecular complexity index is 912. The van der Waals surface area contributed by atoms with E-state index >= 15 is 0 Å². The van der Waals surface area contributed by atoms with Crippen LogP contribution in [0.5, 0.6) is 5.75 Å². The van der Waals surface area contributed by atoms with E-state index in [2.05, 4.69) is 21.6 Å². The van der Waals surface area contributed by atoms with Crippen molar-refractivity contribution in [3.63, 3.8) is 0 Å². The second-order valence-corrected chi connectivity index (χ2v) is 6.33. The molecule has 7 heteroatoms. The standard InChI is InChI=1S/C19H21N5O2/c1-3-22-11-14(9-21-22)18-10-20-13-24(18)16-8-19(25)23(12-16)15-4-6-17(26-2)7-5-15/h4-7,9-11,13,16H,3,8,12H2,1-2H3. The number of aryl methyl sites for hydroxylation is 1. The largest absolute Gasteiger partial charge is 0.497 e. The van der Waals surface area contributed by atoms with Gasteiger partial charge in [0.2, 0.25) is 5.91 Å². The first-order valence-corrected chi connectivity index (χ1v) is 8.68. The van der Waals surface area contributed by atoms with E-state index in [1.807, 2.05) is 52.4 Å². The first-order chi connectivity index (χ1) is 12.7. The third-order valence-corrected chi connectivity index (χ3v) is 4.80. The molecule has 7 nitrogen and oxygen atoms in total. The second kappa shape index (κ2) is 6.67. The van der Waals surface area contributed by atoms with Crippen molar-refractivity contribution in [2.24, 2.45) is 0 Å². The van der Waals surface area contributed by atoms with Crippen LogP contribution in [0, 0.1) is 0 Å². The molecule has 3 heterocycles. The fraction of sp³-hybridized carbons (Fsp3) is 0.316. The van der Waals surface area contributed by atoms with E-state index in [1.165, 1.54) is 0 Å². The first kappa shape index (κ1) is 16.4. The molecule has 0 bridgehead atoms. The Balaban J connectivity index is 1.58. The molecule has 2 aromatic heterocycles. The summed E-state index contributed by atoms with van der Waals surface area (Å²) in [6, 6.07) is 7.63. The van der Waals surface area contributed by atoms with Crippen LogP contribution in [0.25, 0.3) is 11.3 Å². The van der Waals surface area contributed by atoms with Crippen LogP contribution in [0.15, 0.2) is 49.2 Å². The van der Waals surface area contributed by atoms with Crippen molar-refractivity contribution in [3.05, 3.63) is 49.2 Å². The molecule has 1 fully saturated rings. The Morgan fingerprint density at radius 3 is 2.73 bits per heavy atom. The fourth-order valence-corrected chi connectivity index (χ4v) is 3.37. The van der Waals surface area contributed by atoms with Crippen LogP contribution >= 0.6 is 0 Å². The number of nitrogens with zero attached hydrogens (tertiary/aromatic N) is 5. The average Bonchev–Trinajstić information content (AvgIpc) is 3.40. The molecule has 134 valence electrons. The highest BCUT2D eigenvalue weighted by Crippen LogP contribution is 2.32. The van der Waals surface area contributed by atoms with Crippen LogP contribution in [-0.4, -0.2) is 38.9 Å². The lowest BCUT2D eigenvalue weighted by Gasteiger charge is -2.18. The number of aromatic nitrogens is 4. The maximum atomic E-state index is 12.6. The first-order valence-electron chi connectivity index (χ1n) is 8.68. The molecule has 0 saturated carbocycles. The fourth-order valence-electron chi connectivity index (χ4n) is 3.37. The van der Waals surface area contributed by atoms with Gasteiger partial charge >= 0.3 is 0 Å². The number of hydrogen-bond donors (Lipinski definition) is 0. The zero-order chi connectivity index (χ0) is 18.1. The van der Waals surface area contributed by atoms with Crippen molar-refractivity contribution in [1.29, 1.82) is 0 Å². The van der Waals surface area contributed by atoms with Crippen LogP contribution < -0.4 is 9.64 Å². The van der Waals surface area contributed by atoms with E-state index in [9.17, 15) is 4.79 Å². The number of benzene rings is 1. The lowest BCUT2D eigenvalue weighted by atomic mass is 10.2. The van der Waals surface area contributed by atoms with E-state index in [0.717, 1.165) is 29.2 Å². The number of amides is 1. The summed E-state index contributed by atoms with van der Waals surface area (Å²) in [6.45, 7) is 3.49. The maximum absolute atomic E-state index is 12.6. The Morgan fingerprint density at radius 1 is 1.23 bits per heavy atom. The highest BCUT2D eigenvalue weighted by atomic mass is 16.5. The maximum Gasteiger partial charge on any atom is 0.229 e. The van der Waals surface area contributed by atoms with Gasteiger partial charge in [-0.25, -0.2) is 4.98 Å². The number of carbonyl (C=O) groups excluding carboxylic acids is 1. The topological polar surface area (TPSA) is 65.2 Å². The molecule has 0 radical (unpaired) electrons. The van der Waals surface area contributed by atoms with Crippen LogP contribution in [-0.2, 0) is 11.3 Å². The minimum Gasteiger partial charge on any atom is -0.497 e. The predicted molar refractivity (Wildman–Crippen MR) is 98.1 cm³/mol. The minimum absolute atomic E-state index is 0.0482. The van der Waals surface area contributed by atoms with Crippen molar-refractivity contribution in [3.8, 4) is 17.0 Å². The van der Waals surface area contributed by atoms with Gasteiger partial charge in [-0.2, -0.15) is 5.10 Å². The number of hydrogen-bond acceptors (Lipinski definition) is 4. The molecule has 1 saturated heterocycles. The SMILES string of the molecule is CCn1cc(-c2cncn2C2CC(=O)N(c3ccc(OC)cc3)C2)cn1. The summed E-state index contributed by atoms with van der Waals surface area (Å²) in [5.41, 5.74) is 2.89. The van der Waals surface area contributed by atoms with Gasteiger partial charge in [0, 0.05) is 37.0 Å². The number of ether oxygens (including phenoxy) is 1. The van der Waals surface area contributed by atoms with Crippen molar-refractivity contribution in [2.45, 2.75) is 25.9 Å². The summed E-state index contributed by atoms with van der Waals surface area (Å²) < 4.78 is 9.16. The van der Waals surface area contributed by atoms with E-state index in [-0.39, 0.29) is 11.9 Å². The molecule has 26 heavy (non-hydrogen) atoms. The van der Waals surface area contributed by atoms with Crippen molar-refractivity contribution >= 4 is 11.6 Å². The zero-order valence-corrected chi connectivity index (χ0v) is 14.9.